The third-order valence-corrected chi connectivity index (χ3v) is 3.87. The van der Waals surface area contributed by atoms with E-state index in [4.69, 9.17) is 5.11 Å². The van der Waals surface area contributed by atoms with Crippen molar-refractivity contribution in [2.24, 2.45) is 5.92 Å². The molecule has 22 heavy (non-hydrogen) atoms. The quantitative estimate of drug-likeness (QED) is 0.767. The van der Waals surface area contributed by atoms with Gasteiger partial charge in [0.15, 0.2) is 0 Å². The number of benzene rings is 2. The molecule has 2 aromatic carbocycles. The topological polar surface area (TPSA) is 61.4 Å². The van der Waals surface area contributed by atoms with Crippen LogP contribution < -0.4 is 10.6 Å². The average Bonchev–Trinajstić information content (AvgIpc) is 2.52. The molecule has 0 radical (unpaired) electrons. The molecule has 2 aromatic rings. The first-order chi connectivity index (χ1) is 10.6. The van der Waals surface area contributed by atoms with Gasteiger partial charge in [-0.15, -0.1) is 0 Å². The number of nitrogens with one attached hydrogen (secondary N) is 2. The lowest BCUT2D eigenvalue weighted by molar-refractivity contribution is 0.231. The van der Waals surface area contributed by atoms with E-state index in [1.54, 1.807) is 0 Å². The van der Waals surface area contributed by atoms with Crippen LogP contribution >= 0.6 is 0 Å². The Morgan fingerprint density at radius 3 is 2.64 bits per heavy atom. The van der Waals surface area contributed by atoms with Crippen LogP contribution in [0.15, 0.2) is 42.5 Å². The minimum Gasteiger partial charge on any atom is -0.396 e. The van der Waals surface area contributed by atoms with Gasteiger partial charge in [0.25, 0.3) is 0 Å². The molecular weight excluding hydrogens is 276 g/mol. The number of rotatable bonds is 6. The number of carbonyl (C=O) groups excluding carboxylic acids is 1. The van der Waals surface area contributed by atoms with E-state index in [0.29, 0.717) is 13.0 Å². The minimum absolute atomic E-state index is 0.0701. The first kappa shape index (κ1) is 16.3. The Morgan fingerprint density at radius 2 is 1.86 bits per heavy atom. The molecule has 2 rings (SSSR count). The highest BCUT2D eigenvalue weighted by molar-refractivity contribution is 5.86. The summed E-state index contributed by atoms with van der Waals surface area (Å²) in [5.74, 6) is 0.267. The fraction of sp³-hybridized carbons (Fsp3) is 0.389. The number of amides is 2. The summed E-state index contributed by atoms with van der Waals surface area (Å²) >= 11 is 0. The van der Waals surface area contributed by atoms with E-state index >= 15 is 0 Å². The van der Waals surface area contributed by atoms with E-state index in [9.17, 15) is 4.79 Å². The van der Waals surface area contributed by atoms with Crippen LogP contribution in [-0.2, 0) is 0 Å². The van der Waals surface area contributed by atoms with Crippen molar-refractivity contribution in [3.63, 3.8) is 0 Å². The maximum absolute atomic E-state index is 12.0. The first-order valence-corrected chi connectivity index (χ1v) is 7.74. The number of aliphatic hydroxyl groups is 1. The van der Waals surface area contributed by atoms with Gasteiger partial charge in [-0.3, -0.25) is 0 Å². The zero-order valence-corrected chi connectivity index (χ0v) is 13.2. The SMILES string of the molecule is CC(CCO)CNC(=O)NC(C)c1cccc2ccccc12. The Balaban J connectivity index is 1.99. The van der Waals surface area contributed by atoms with Crippen molar-refractivity contribution < 1.29 is 9.90 Å². The van der Waals surface area contributed by atoms with Crippen LogP contribution in [0.5, 0.6) is 0 Å². The van der Waals surface area contributed by atoms with E-state index < -0.39 is 0 Å². The van der Waals surface area contributed by atoms with Crippen LogP contribution in [-0.4, -0.2) is 24.3 Å². The molecule has 0 aliphatic heterocycles. The Labute approximate surface area is 131 Å². The van der Waals surface area contributed by atoms with Crippen molar-refractivity contribution in [2.45, 2.75) is 26.3 Å². The molecule has 0 aromatic heterocycles. The summed E-state index contributed by atoms with van der Waals surface area (Å²) in [6.07, 6.45) is 0.694. The summed E-state index contributed by atoms with van der Waals surface area (Å²) in [5.41, 5.74) is 1.11. The number of carbonyl (C=O) groups is 1. The van der Waals surface area contributed by atoms with Crippen molar-refractivity contribution >= 4 is 16.8 Å². The standard InChI is InChI=1S/C18H24N2O2/c1-13(10-11-21)12-19-18(22)20-14(2)16-9-5-7-15-6-3-4-8-17(15)16/h3-9,13-14,21H,10-12H2,1-2H3,(H2,19,20,22). The highest BCUT2D eigenvalue weighted by Crippen LogP contribution is 2.23. The zero-order valence-electron chi connectivity index (χ0n) is 13.2. The normalized spacial score (nSPS) is 13.6. The Hall–Kier alpha value is -2.07. The largest absolute Gasteiger partial charge is 0.396 e. The number of urea groups is 1. The molecule has 0 bridgehead atoms. The average molecular weight is 300 g/mol. The van der Waals surface area contributed by atoms with Crippen LogP contribution in [0.2, 0.25) is 0 Å². The van der Waals surface area contributed by atoms with Crippen LogP contribution in [0.1, 0.15) is 31.9 Å². The lowest BCUT2D eigenvalue weighted by atomic mass is 10.00. The van der Waals surface area contributed by atoms with E-state index in [-0.39, 0.29) is 24.6 Å². The van der Waals surface area contributed by atoms with Gasteiger partial charge in [0.2, 0.25) is 0 Å². The van der Waals surface area contributed by atoms with Crippen molar-refractivity contribution in [3.8, 4) is 0 Å². The predicted octanol–water partition coefficient (Wildman–Crippen LogP) is 3.22. The second kappa shape index (κ2) is 7.80. The smallest absolute Gasteiger partial charge is 0.315 e. The number of hydrogen-bond acceptors (Lipinski definition) is 2. The monoisotopic (exact) mass is 300 g/mol. The number of aliphatic hydroxyl groups excluding tert-OH is 1. The molecular formula is C18H24N2O2. The van der Waals surface area contributed by atoms with Gasteiger partial charge < -0.3 is 15.7 Å². The lowest BCUT2D eigenvalue weighted by Crippen LogP contribution is -2.39. The Morgan fingerprint density at radius 1 is 1.14 bits per heavy atom. The van der Waals surface area contributed by atoms with Crippen LogP contribution in [0.4, 0.5) is 4.79 Å². The third-order valence-electron chi connectivity index (χ3n) is 3.87. The van der Waals surface area contributed by atoms with Crippen molar-refractivity contribution in [1.82, 2.24) is 10.6 Å². The fourth-order valence-corrected chi connectivity index (χ4v) is 2.54. The molecule has 0 saturated carbocycles. The molecule has 0 aliphatic rings. The fourth-order valence-electron chi connectivity index (χ4n) is 2.54. The highest BCUT2D eigenvalue weighted by atomic mass is 16.3. The van der Waals surface area contributed by atoms with Gasteiger partial charge in [-0.05, 0) is 35.6 Å². The lowest BCUT2D eigenvalue weighted by Gasteiger charge is -2.18. The second-order valence-electron chi connectivity index (χ2n) is 5.76. The molecule has 4 heteroatoms. The predicted molar refractivity (Wildman–Crippen MR) is 89.8 cm³/mol. The van der Waals surface area contributed by atoms with E-state index in [1.165, 1.54) is 5.39 Å². The van der Waals surface area contributed by atoms with Gasteiger partial charge in [0.1, 0.15) is 0 Å². The molecule has 2 atom stereocenters. The molecule has 2 amide bonds. The molecule has 3 N–H and O–H groups in total. The van der Waals surface area contributed by atoms with E-state index in [1.807, 2.05) is 38.1 Å². The Bertz CT molecular complexity index is 622. The van der Waals surface area contributed by atoms with Gasteiger partial charge >= 0.3 is 6.03 Å². The molecule has 4 nitrogen and oxygen atoms in total. The van der Waals surface area contributed by atoms with E-state index in [2.05, 4.69) is 28.8 Å². The minimum atomic E-state index is -0.176. The summed E-state index contributed by atoms with van der Waals surface area (Å²) in [5, 5.41) is 17.0. The molecule has 0 heterocycles. The molecule has 118 valence electrons. The summed E-state index contributed by atoms with van der Waals surface area (Å²) < 4.78 is 0. The van der Waals surface area contributed by atoms with Crippen LogP contribution in [0.25, 0.3) is 10.8 Å². The molecule has 0 aliphatic carbocycles. The summed E-state index contributed by atoms with van der Waals surface area (Å²) in [7, 11) is 0. The van der Waals surface area contributed by atoms with Gasteiger partial charge in [-0.2, -0.15) is 0 Å². The van der Waals surface area contributed by atoms with Gasteiger partial charge in [0, 0.05) is 13.2 Å². The number of hydrogen-bond donors (Lipinski definition) is 3. The molecule has 0 saturated heterocycles. The highest BCUT2D eigenvalue weighted by Gasteiger charge is 2.12. The van der Waals surface area contributed by atoms with Crippen molar-refractivity contribution in [2.75, 3.05) is 13.2 Å². The van der Waals surface area contributed by atoms with Gasteiger partial charge in [0.05, 0.1) is 6.04 Å². The van der Waals surface area contributed by atoms with Gasteiger partial charge in [-0.1, -0.05) is 49.4 Å². The van der Waals surface area contributed by atoms with Gasteiger partial charge in [-0.25, -0.2) is 4.79 Å². The number of fused-ring (bicyclic) bond motifs is 1. The summed E-state index contributed by atoms with van der Waals surface area (Å²) in [4.78, 5) is 12.0. The van der Waals surface area contributed by atoms with Crippen LogP contribution in [0, 0.1) is 5.92 Å². The summed E-state index contributed by atoms with van der Waals surface area (Å²) in [6.45, 7) is 4.70. The first-order valence-electron chi connectivity index (χ1n) is 7.74. The second-order valence-corrected chi connectivity index (χ2v) is 5.76. The molecule has 2 unspecified atom stereocenters. The van der Waals surface area contributed by atoms with Crippen LogP contribution in [0.3, 0.4) is 0 Å². The molecule has 0 fully saturated rings. The third kappa shape index (κ3) is 4.21. The Kier molecular flexibility index (Phi) is 5.78. The maximum atomic E-state index is 12.0. The zero-order chi connectivity index (χ0) is 15.9. The van der Waals surface area contributed by atoms with Crippen molar-refractivity contribution in [1.29, 1.82) is 0 Å². The maximum Gasteiger partial charge on any atom is 0.315 e. The van der Waals surface area contributed by atoms with Crippen molar-refractivity contribution in [3.05, 3.63) is 48.0 Å². The molecule has 0 spiro atoms. The van der Waals surface area contributed by atoms with E-state index in [0.717, 1.165) is 10.9 Å². The summed E-state index contributed by atoms with van der Waals surface area (Å²) in [6, 6.07) is 14.0.